The lowest BCUT2D eigenvalue weighted by Gasteiger charge is -2.16. The van der Waals surface area contributed by atoms with E-state index in [1.807, 2.05) is 36.9 Å². The molecule has 1 aliphatic rings. The smallest absolute Gasteiger partial charge is 0.224 e. The normalized spacial score (nSPS) is 13.7. The minimum Gasteiger partial charge on any atom is -0.493 e. The van der Waals surface area contributed by atoms with Crippen LogP contribution in [0.3, 0.4) is 0 Å². The van der Waals surface area contributed by atoms with E-state index in [-0.39, 0.29) is 29.9 Å². The number of methoxy groups -OCH3 is 1. The molecule has 0 aromatic heterocycles. The molecule has 152 valence electrons. The van der Waals surface area contributed by atoms with E-state index in [9.17, 15) is 4.79 Å². The Labute approximate surface area is 178 Å². The van der Waals surface area contributed by atoms with Gasteiger partial charge in [0.15, 0.2) is 17.5 Å². The number of anilines is 1. The number of benzene rings is 1. The first-order chi connectivity index (χ1) is 12.7. The molecule has 1 amide bonds. The van der Waals surface area contributed by atoms with Crippen molar-refractivity contribution in [3.63, 3.8) is 0 Å². The van der Waals surface area contributed by atoms with Crippen molar-refractivity contribution in [3.8, 4) is 11.5 Å². The number of nitrogens with zero attached hydrogens (tertiary/aromatic N) is 2. The van der Waals surface area contributed by atoms with Crippen LogP contribution in [0.5, 0.6) is 11.5 Å². The molecule has 1 aromatic carbocycles. The van der Waals surface area contributed by atoms with Crippen LogP contribution in [0.15, 0.2) is 23.2 Å². The second kappa shape index (κ2) is 12.6. The van der Waals surface area contributed by atoms with Gasteiger partial charge in [0, 0.05) is 37.8 Å². The van der Waals surface area contributed by atoms with E-state index >= 15 is 0 Å². The van der Waals surface area contributed by atoms with Crippen LogP contribution in [-0.4, -0.2) is 56.7 Å². The van der Waals surface area contributed by atoms with Crippen LogP contribution < -0.4 is 20.1 Å². The van der Waals surface area contributed by atoms with Gasteiger partial charge in [-0.2, -0.15) is 0 Å². The standard InChI is InChI=1S/C19H30N4O3.HI/c1-4-20-19(21-11-10-18(24)23-12-6-7-13-23)22-15-8-9-16(26-5-2)17(14-15)25-3;/h8-9,14H,4-7,10-13H2,1-3H3,(H2,20,21,22);1H. The Kier molecular flexibility index (Phi) is 10.9. The van der Waals surface area contributed by atoms with Crippen molar-refractivity contribution >= 4 is 41.5 Å². The van der Waals surface area contributed by atoms with Crippen molar-refractivity contribution in [2.45, 2.75) is 33.1 Å². The average molecular weight is 490 g/mol. The molecule has 1 fully saturated rings. The predicted octanol–water partition coefficient (Wildman–Crippen LogP) is 3.10. The summed E-state index contributed by atoms with van der Waals surface area (Å²) in [6.07, 6.45) is 2.65. The van der Waals surface area contributed by atoms with Gasteiger partial charge in [-0.05, 0) is 38.8 Å². The Hall–Kier alpha value is -1.71. The molecule has 2 N–H and O–H groups in total. The highest BCUT2D eigenvalue weighted by Gasteiger charge is 2.17. The first-order valence-corrected chi connectivity index (χ1v) is 9.31. The van der Waals surface area contributed by atoms with Crippen LogP contribution in [0, 0.1) is 0 Å². The lowest BCUT2D eigenvalue weighted by Crippen LogP contribution is -2.32. The summed E-state index contributed by atoms with van der Waals surface area (Å²) in [7, 11) is 1.62. The van der Waals surface area contributed by atoms with Gasteiger partial charge in [0.25, 0.3) is 0 Å². The molecule has 0 radical (unpaired) electrons. The Balaban J connectivity index is 0.00000364. The summed E-state index contributed by atoms with van der Waals surface area (Å²) in [5.74, 6) is 2.20. The number of rotatable bonds is 8. The summed E-state index contributed by atoms with van der Waals surface area (Å²) in [6, 6.07) is 5.65. The topological polar surface area (TPSA) is 75.2 Å². The summed E-state index contributed by atoms with van der Waals surface area (Å²) in [6.45, 7) is 7.48. The second-order valence-electron chi connectivity index (χ2n) is 6.02. The number of hydrogen-bond donors (Lipinski definition) is 2. The Morgan fingerprint density at radius 3 is 2.59 bits per heavy atom. The second-order valence-corrected chi connectivity index (χ2v) is 6.02. The van der Waals surface area contributed by atoms with Crippen LogP contribution in [0.4, 0.5) is 5.69 Å². The molecule has 0 saturated carbocycles. The van der Waals surface area contributed by atoms with Crippen molar-refractivity contribution < 1.29 is 14.3 Å². The molecule has 0 spiro atoms. The van der Waals surface area contributed by atoms with Crippen molar-refractivity contribution in [2.75, 3.05) is 45.2 Å². The lowest BCUT2D eigenvalue weighted by molar-refractivity contribution is -0.129. The van der Waals surface area contributed by atoms with Crippen LogP contribution in [0.25, 0.3) is 0 Å². The maximum absolute atomic E-state index is 12.1. The number of hydrogen-bond acceptors (Lipinski definition) is 4. The molecular weight excluding hydrogens is 459 g/mol. The van der Waals surface area contributed by atoms with Crippen LogP contribution >= 0.6 is 24.0 Å². The fourth-order valence-corrected chi connectivity index (χ4v) is 2.85. The van der Waals surface area contributed by atoms with E-state index in [1.165, 1.54) is 0 Å². The average Bonchev–Trinajstić information content (AvgIpc) is 3.18. The molecule has 0 unspecified atom stereocenters. The number of carbonyl (C=O) groups is 1. The van der Waals surface area contributed by atoms with Crippen molar-refractivity contribution in [3.05, 3.63) is 18.2 Å². The maximum atomic E-state index is 12.1. The molecule has 0 aliphatic carbocycles. The highest BCUT2D eigenvalue weighted by Crippen LogP contribution is 2.30. The minimum atomic E-state index is 0. The van der Waals surface area contributed by atoms with Crippen LogP contribution in [0.1, 0.15) is 33.1 Å². The number of nitrogens with one attached hydrogen (secondary N) is 2. The van der Waals surface area contributed by atoms with Crippen molar-refractivity contribution in [2.24, 2.45) is 4.99 Å². The molecule has 1 aliphatic heterocycles. The Morgan fingerprint density at radius 2 is 1.96 bits per heavy atom. The zero-order valence-electron chi connectivity index (χ0n) is 16.4. The van der Waals surface area contributed by atoms with E-state index in [0.29, 0.717) is 37.0 Å². The monoisotopic (exact) mass is 490 g/mol. The van der Waals surface area contributed by atoms with E-state index < -0.39 is 0 Å². The molecule has 1 saturated heterocycles. The number of carbonyl (C=O) groups excluding carboxylic acids is 1. The fraction of sp³-hybridized carbons (Fsp3) is 0.579. The maximum Gasteiger partial charge on any atom is 0.224 e. The van der Waals surface area contributed by atoms with E-state index in [4.69, 9.17) is 9.47 Å². The van der Waals surface area contributed by atoms with Gasteiger partial charge in [-0.3, -0.25) is 9.79 Å². The van der Waals surface area contributed by atoms with Gasteiger partial charge in [0.05, 0.1) is 20.3 Å². The molecule has 0 atom stereocenters. The van der Waals surface area contributed by atoms with Gasteiger partial charge in [0.2, 0.25) is 5.91 Å². The molecule has 1 aromatic rings. The fourth-order valence-electron chi connectivity index (χ4n) is 2.85. The van der Waals surface area contributed by atoms with Crippen LogP contribution in [0.2, 0.25) is 0 Å². The van der Waals surface area contributed by atoms with Gasteiger partial charge in [-0.15, -0.1) is 24.0 Å². The first kappa shape index (κ1) is 23.3. The summed E-state index contributed by atoms with van der Waals surface area (Å²) in [5, 5.41) is 6.44. The van der Waals surface area contributed by atoms with Crippen molar-refractivity contribution in [1.82, 2.24) is 10.2 Å². The number of likely N-dealkylation sites (tertiary alicyclic amines) is 1. The third-order valence-electron chi connectivity index (χ3n) is 4.12. The van der Waals surface area contributed by atoms with Gasteiger partial charge >= 0.3 is 0 Å². The largest absolute Gasteiger partial charge is 0.493 e. The van der Waals surface area contributed by atoms with Gasteiger partial charge in [-0.25, -0.2) is 0 Å². The molecule has 1 heterocycles. The molecule has 27 heavy (non-hydrogen) atoms. The summed E-state index contributed by atoms with van der Waals surface area (Å²) >= 11 is 0. The zero-order valence-corrected chi connectivity index (χ0v) is 18.7. The Bertz CT molecular complexity index is 619. The number of ether oxygens (including phenoxy) is 2. The lowest BCUT2D eigenvalue weighted by atomic mass is 10.2. The predicted molar refractivity (Wildman–Crippen MR) is 120 cm³/mol. The summed E-state index contributed by atoms with van der Waals surface area (Å²) in [4.78, 5) is 18.5. The zero-order chi connectivity index (χ0) is 18.8. The van der Waals surface area contributed by atoms with Crippen LogP contribution in [-0.2, 0) is 4.79 Å². The Morgan fingerprint density at radius 1 is 1.22 bits per heavy atom. The number of amides is 1. The third-order valence-corrected chi connectivity index (χ3v) is 4.12. The molecule has 2 rings (SSSR count). The van der Waals surface area contributed by atoms with E-state index in [0.717, 1.165) is 38.2 Å². The summed E-state index contributed by atoms with van der Waals surface area (Å²) in [5.41, 5.74) is 0.843. The highest BCUT2D eigenvalue weighted by atomic mass is 127. The highest BCUT2D eigenvalue weighted by molar-refractivity contribution is 14.0. The van der Waals surface area contributed by atoms with E-state index in [1.54, 1.807) is 7.11 Å². The SMILES string of the molecule is CCNC(=NCCC(=O)N1CCCC1)Nc1ccc(OCC)c(OC)c1.I. The van der Waals surface area contributed by atoms with E-state index in [2.05, 4.69) is 15.6 Å². The first-order valence-electron chi connectivity index (χ1n) is 9.31. The number of halogens is 1. The van der Waals surface area contributed by atoms with Gasteiger partial charge in [0.1, 0.15) is 0 Å². The van der Waals surface area contributed by atoms with Gasteiger partial charge < -0.3 is 25.0 Å². The molecular formula is C19H31IN4O3. The molecule has 7 nitrogen and oxygen atoms in total. The molecule has 0 bridgehead atoms. The van der Waals surface area contributed by atoms with Crippen molar-refractivity contribution in [1.29, 1.82) is 0 Å². The van der Waals surface area contributed by atoms with Gasteiger partial charge in [-0.1, -0.05) is 0 Å². The minimum absolute atomic E-state index is 0. The summed E-state index contributed by atoms with van der Waals surface area (Å²) < 4.78 is 10.9. The number of guanidine groups is 1. The molecule has 8 heteroatoms. The quantitative estimate of drug-likeness (QED) is 0.333. The third kappa shape index (κ3) is 7.43. The number of aliphatic imine (C=N–C) groups is 1.